The fourth-order valence-electron chi connectivity index (χ4n) is 3.80. The molecule has 3 aromatic heterocycles. The molecular formula is C22H19N5O3S2. The van der Waals surface area contributed by atoms with Crippen molar-refractivity contribution in [2.45, 2.75) is 24.3 Å². The van der Waals surface area contributed by atoms with Gasteiger partial charge in [0, 0.05) is 4.88 Å². The maximum absolute atomic E-state index is 12.7. The maximum atomic E-state index is 12.7. The van der Waals surface area contributed by atoms with Gasteiger partial charge >= 0.3 is 5.97 Å². The van der Waals surface area contributed by atoms with Gasteiger partial charge in [0.25, 0.3) is 0 Å². The Morgan fingerprint density at radius 2 is 2.06 bits per heavy atom. The minimum Gasteiger partial charge on any atom is -0.465 e. The van der Waals surface area contributed by atoms with Gasteiger partial charge in [0.2, 0.25) is 5.91 Å². The first kappa shape index (κ1) is 20.7. The number of benzene rings is 1. The summed E-state index contributed by atoms with van der Waals surface area (Å²) < 4.78 is 6.69. The molecule has 3 heterocycles. The summed E-state index contributed by atoms with van der Waals surface area (Å²) in [6.07, 6.45) is 5.98. The van der Waals surface area contributed by atoms with Crippen LogP contribution in [0.5, 0.6) is 0 Å². The summed E-state index contributed by atoms with van der Waals surface area (Å²) in [4.78, 5) is 34.8. The summed E-state index contributed by atoms with van der Waals surface area (Å²) in [5.41, 5.74) is 3.08. The molecule has 162 valence electrons. The van der Waals surface area contributed by atoms with Gasteiger partial charge in [-0.25, -0.2) is 19.4 Å². The van der Waals surface area contributed by atoms with Crippen molar-refractivity contribution in [3.05, 3.63) is 58.9 Å². The summed E-state index contributed by atoms with van der Waals surface area (Å²) in [7, 11) is 1.36. The van der Waals surface area contributed by atoms with E-state index in [0.717, 1.165) is 40.8 Å². The average molecular weight is 466 g/mol. The third-order valence-corrected chi connectivity index (χ3v) is 7.45. The molecule has 1 aromatic carbocycles. The number of hydrogen-bond donors (Lipinski definition) is 1. The number of carbonyl (C=O) groups excluding carboxylic acids is 2. The van der Waals surface area contributed by atoms with Crippen LogP contribution >= 0.6 is 23.1 Å². The number of methoxy groups -OCH3 is 1. The maximum Gasteiger partial charge on any atom is 0.341 e. The Hall–Kier alpha value is -3.24. The molecule has 4 aromatic rings. The molecule has 5 rings (SSSR count). The number of rotatable bonds is 6. The molecule has 1 N–H and O–H groups in total. The van der Waals surface area contributed by atoms with Crippen molar-refractivity contribution in [2.75, 3.05) is 18.2 Å². The number of amides is 1. The summed E-state index contributed by atoms with van der Waals surface area (Å²) in [5.74, 6) is -0.466. The smallest absolute Gasteiger partial charge is 0.341 e. The Bertz CT molecular complexity index is 1320. The van der Waals surface area contributed by atoms with Crippen LogP contribution in [0.15, 0.2) is 47.9 Å². The van der Waals surface area contributed by atoms with Crippen LogP contribution < -0.4 is 5.32 Å². The largest absolute Gasteiger partial charge is 0.465 e. The van der Waals surface area contributed by atoms with E-state index in [4.69, 9.17) is 4.74 Å². The molecule has 0 radical (unpaired) electrons. The van der Waals surface area contributed by atoms with Crippen LogP contribution in [0.3, 0.4) is 0 Å². The number of anilines is 1. The number of esters is 1. The zero-order chi connectivity index (χ0) is 22.1. The van der Waals surface area contributed by atoms with Crippen molar-refractivity contribution in [1.82, 2.24) is 19.7 Å². The SMILES string of the molecule is COC(=O)c1c(NC(=O)CSc2ncnc3c2cnn3-c2ccccc2)sc2c1CCC2. The number of ether oxygens (including phenoxy) is 1. The normalized spacial score (nSPS) is 12.7. The highest BCUT2D eigenvalue weighted by Crippen LogP contribution is 2.39. The monoisotopic (exact) mass is 465 g/mol. The first-order valence-corrected chi connectivity index (χ1v) is 11.9. The fraction of sp³-hybridized carbons (Fsp3) is 0.227. The highest BCUT2D eigenvalue weighted by molar-refractivity contribution is 8.00. The molecule has 0 aliphatic heterocycles. The lowest BCUT2D eigenvalue weighted by atomic mass is 10.1. The number of nitrogens with zero attached hydrogens (tertiary/aromatic N) is 4. The van der Waals surface area contributed by atoms with E-state index in [9.17, 15) is 9.59 Å². The summed E-state index contributed by atoms with van der Waals surface area (Å²) >= 11 is 2.77. The first-order valence-electron chi connectivity index (χ1n) is 10.1. The molecule has 1 aliphatic rings. The van der Waals surface area contributed by atoms with Crippen molar-refractivity contribution in [1.29, 1.82) is 0 Å². The Morgan fingerprint density at radius 1 is 1.22 bits per heavy atom. The van der Waals surface area contributed by atoms with E-state index >= 15 is 0 Å². The second-order valence-corrected chi connectivity index (χ2v) is 9.27. The number of fused-ring (bicyclic) bond motifs is 2. The van der Waals surface area contributed by atoms with Crippen LogP contribution in [0.4, 0.5) is 5.00 Å². The number of carbonyl (C=O) groups is 2. The molecule has 0 bridgehead atoms. The molecule has 0 saturated heterocycles. The van der Waals surface area contributed by atoms with Gasteiger partial charge < -0.3 is 10.1 Å². The van der Waals surface area contributed by atoms with Gasteiger partial charge in [-0.2, -0.15) is 5.10 Å². The van der Waals surface area contributed by atoms with Gasteiger partial charge in [-0.05, 0) is 37.0 Å². The van der Waals surface area contributed by atoms with Gasteiger partial charge in [0.1, 0.15) is 16.4 Å². The van der Waals surface area contributed by atoms with E-state index in [1.165, 1.54) is 36.5 Å². The van der Waals surface area contributed by atoms with Crippen molar-refractivity contribution < 1.29 is 14.3 Å². The summed E-state index contributed by atoms with van der Waals surface area (Å²) in [6, 6.07) is 9.72. The number of thiophene rings is 1. The van der Waals surface area contributed by atoms with Crippen molar-refractivity contribution in [3.63, 3.8) is 0 Å². The Morgan fingerprint density at radius 3 is 2.88 bits per heavy atom. The van der Waals surface area contributed by atoms with E-state index in [1.54, 1.807) is 10.9 Å². The van der Waals surface area contributed by atoms with E-state index in [-0.39, 0.29) is 11.7 Å². The predicted octanol–water partition coefficient (Wildman–Crippen LogP) is 3.88. The quantitative estimate of drug-likeness (QED) is 0.262. The second-order valence-electron chi connectivity index (χ2n) is 7.20. The van der Waals surface area contributed by atoms with E-state index in [0.29, 0.717) is 21.2 Å². The number of hydrogen-bond acceptors (Lipinski definition) is 8. The van der Waals surface area contributed by atoms with E-state index < -0.39 is 5.97 Å². The van der Waals surface area contributed by atoms with Gasteiger partial charge in [-0.1, -0.05) is 30.0 Å². The standard InChI is InChI=1S/C22H19N5O3S2/c1-30-22(29)18-14-8-5-9-16(14)32-21(18)26-17(28)11-31-20-15-10-25-27(19(15)23-12-24-20)13-6-3-2-4-7-13/h2-4,6-7,10,12H,5,8-9,11H2,1H3,(H,26,28). The van der Waals surface area contributed by atoms with Crippen LogP contribution in [0, 0.1) is 0 Å². The minimum absolute atomic E-state index is 0.145. The third-order valence-electron chi connectivity index (χ3n) is 5.23. The van der Waals surface area contributed by atoms with Crippen LogP contribution in [0.1, 0.15) is 27.2 Å². The Labute approximate surface area is 192 Å². The average Bonchev–Trinajstić information content (AvgIpc) is 3.52. The molecule has 1 aliphatic carbocycles. The topological polar surface area (TPSA) is 99.0 Å². The van der Waals surface area contributed by atoms with Gasteiger partial charge in [0.05, 0.1) is 35.7 Å². The number of aromatic nitrogens is 4. The van der Waals surface area contributed by atoms with Gasteiger partial charge in [-0.3, -0.25) is 4.79 Å². The molecule has 0 saturated carbocycles. The lowest BCUT2D eigenvalue weighted by molar-refractivity contribution is -0.113. The molecule has 10 heteroatoms. The lowest BCUT2D eigenvalue weighted by Crippen LogP contribution is -2.16. The van der Waals surface area contributed by atoms with E-state index in [2.05, 4.69) is 20.4 Å². The predicted molar refractivity (Wildman–Crippen MR) is 124 cm³/mol. The van der Waals surface area contributed by atoms with Crippen molar-refractivity contribution in [3.8, 4) is 5.69 Å². The first-order chi connectivity index (χ1) is 15.7. The zero-order valence-electron chi connectivity index (χ0n) is 17.2. The van der Waals surface area contributed by atoms with Crippen molar-refractivity contribution in [2.24, 2.45) is 0 Å². The van der Waals surface area contributed by atoms with Crippen LogP contribution in [0.25, 0.3) is 16.7 Å². The molecule has 0 atom stereocenters. The number of para-hydroxylation sites is 1. The summed E-state index contributed by atoms with van der Waals surface area (Å²) in [6.45, 7) is 0. The number of aryl methyl sites for hydroxylation is 1. The number of thioether (sulfide) groups is 1. The van der Waals surface area contributed by atoms with Crippen LogP contribution in [-0.4, -0.2) is 44.5 Å². The second kappa shape index (κ2) is 8.71. The minimum atomic E-state index is -0.404. The lowest BCUT2D eigenvalue weighted by Gasteiger charge is -2.07. The Kier molecular flexibility index (Phi) is 5.62. The van der Waals surface area contributed by atoms with Gasteiger partial charge in [0.15, 0.2) is 5.65 Å². The molecule has 0 spiro atoms. The zero-order valence-corrected chi connectivity index (χ0v) is 18.8. The molecule has 0 fully saturated rings. The molecule has 0 unspecified atom stereocenters. The molecule has 32 heavy (non-hydrogen) atoms. The molecule has 1 amide bonds. The third kappa shape index (κ3) is 3.76. The van der Waals surface area contributed by atoms with E-state index in [1.807, 2.05) is 30.3 Å². The van der Waals surface area contributed by atoms with Gasteiger partial charge in [-0.15, -0.1) is 11.3 Å². The van der Waals surface area contributed by atoms with Crippen LogP contribution in [-0.2, 0) is 22.4 Å². The Balaban J connectivity index is 1.33. The highest BCUT2D eigenvalue weighted by Gasteiger charge is 2.28. The fourth-order valence-corrected chi connectivity index (χ4v) is 5.86. The number of nitrogens with one attached hydrogen (secondary N) is 1. The van der Waals surface area contributed by atoms with Crippen molar-refractivity contribution >= 4 is 51.0 Å². The van der Waals surface area contributed by atoms with Crippen LogP contribution in [0.2, 0.25) is 0 Å². The molecule has 8 nitrogen and oxygen atoms in total. The highest BCUT2D eigenvalue weighted by atomic mass is 32.2. The summed E-state index contributed by atoms with van der Waals surface area (Å²) in [5, 5.41) is 9.36. The molecular weight excluding hydrogens is 446 g/mol.